The van der Waals surface area contributed by atoms with Gasteiger partial charge in [0, 0.05) is 46.1 Å². The number of hydrogen-bond acceptors (Lipinski definition) is 1. The van der Waals surface area contributed by atoms with E-state index in [9.17, 15) is 0 Å². The van der Waals surface area contributed by atoms with Gasteiger partial charge in [0.1, 0.15) is 7.05 Å². The van der Waals surface area contributed by atoms with E-state index in [4.69, 9.17) is 11.6 Å². The Hall–Kier alpha value is -3.62. The van der Waals surface area contributed by atoms with Gasteiger partial charge in [0.15, 0.2) is 5.71 Å². The lowest BCUT2D eigenvalue weighted by Gasteiger charge is -2.27. The number of benzene rings is 4. The highest BCUT2D eigenvalue weighted by Crippen LogP contribution is 2.51. The molecule has 41 heavy (non-hydrogen) atoms. The van der Waals surface area contributed by atoms with Crippen LogP contribution in [0.5, 0.6) is 0 Å². The van der Waals surface area contributed by atoms with Gasteiger partial charge in [-0.05, 0) is 77.7 Å². The largest absolute Gasteiger partial charge is 0.344 e. The molecule has 3 heteroatoms. The molecule has 2 nitrogen and oxygen atoms in total. The fourth-order valence-electron chi connectivity index (χ4n) is 7.16. The summed E-state index contributed by atoms with van der Waals surface area (Å²) in [4.78, 5) is 2.51. The maximum absolute atomic E-state index is 6.92. The lowest BCUT2D eigenvalue weighted by Crippen LogP contribution is -2.27. The van der Waals surface area contributed by atoms with Crippen molar-refractivity contribution in [2.24, 2.45) is 0 Å². The number of nitrogens with zero attached hydrogens (tertiary/aromatic N) is 2. The summed E-state index contributed by atoms with van der Waals surface area (Å²) in [5.41, 5.74) is 7.65. The summed E-state index contributed by atoms with van der Waals surface area (Å²) in [7, 11) is 2.16. The zero-order chi connectivity index (χ0) is 28.9. The SMILES string of the molecule is CCCCN1C(=CC=C(Cl)C=CC2=[N+](C)c3ccc4ccccc4c3C2(C)C)C(C)(C)c2c1ccc1ccccc21. The molecule has 2 heterocycles. The average Bonchev–Trinajstić information content (AvgIpc) is 3.31. The molecule has 0 bridgehead atoms. The van der Waals surface area contributed by atoms with Crippen molar-refractivity contribution in [3.63, 3.8) is 0 Å². The molecule has 0 saturated heterocycles. The Labute approximate surface area is 250 Å². The molecule has 0 saturated carbocycles. The van der Waals surface area contributed by atoms with E-state index in [1.807, 2.05) is 0 Å². The van der Waals surface area contributed by atoms with Crippen LogP contribution >= 0.6 is 11.6 Å². The summed E-state index contributed by atoms with van der Waals surface area (Å²) in [5.74, 6) is 0. The van der Waals surface area contributed by atoms with Crippen molar-refractivity contribution >= 4 is 50.2 Å². The number of unbranched alkanes of at least 4 members (excludes halogenated alkanes) is 1. The van der Waals surface area contributed by atoms with Crippen LogP contribution in [0, 0.1) is 0 Å². The van der Waals surface area contributed by atoms with Crippen LogP contribution in [0.1, 0.15) is 58.6 Å². The monoisotopic (exact) mass is 559 g/mol. The maximum atomic E-state index is 6.92. The maximum Gasteiger partial charge on any atom is 0.210 e. The standard InChI is InChI=1S/C38H40ClN2/c1-7-8-25-41-32-22-18-27-14-10-12-16-30(27)36(32)38(4,5)34(41)24-20-28(39)19-23-33-37(2,3)35-29-15-11-9-13-26(29)17-21-31(35)40(33)6/h9-24H,7-8,25H2,1-6H3/q+1. The average molecular weight is 560 g/mol. The second-order valence-corrected chi connectivity index (χ2v) is 12.9. The van der Waals surface area contributed by atoms with Crippen molar-refractivity contribution in [2.75, 3.05) is 18.5 Å². The second kappa shape index (κ2) is 10.3. The molecule has 0 atom stereocenters. The number of rotatable bonds is 6. The van der Waals surface area contributed by atoms with Crippen molar-refractivity contribution in [3.8, 4) is 0 Å². The predicted octanol–water partition coefficient (Wildman–Crippen LogP) is 10.2. The third-order valence-electron chi connectivity index (χ3n) is 9.19. The molecule has 4 aromatic rings. The van der Waals surface area contributed by atoms with Gasteiger partial charge >= 0.3 is 0 Å². The molecule has 208 valence electrons. The van der Waals surface area contributed by atoms with Gasteiger partial charge in [0.2, 0.25) is 5.69 Å². The Kier molecular flexibility index (Phi) is 6.94. The van der Waals surface area contributed by atoms with E-state index in [1.54, 1.807) is 0 Å². The van der Waals surface area contributed by atoms with Crippen LogP contribution in [0.4, 0.5) is 11.4 Å². The van der Waals surface area contributed by atoms with Gasteiger partial charge in [0.25, 0.3) is 0 Å². The molecule has 0 unspecified atom stereocenters. The minimum Gasteiger partial charge on any atom is -0.344 e. The smallest absolute Gasteiger partial charge is 0.210 e. The molecule has 0 aliphatic carbocycles. The highest BCUT2D eigenvalue weighted by atomic mass is 35.5. The Bertz CT molecular complexity index is 1800. The predicted molar refractivity (Wildman–Crippen MR) is 178 cm³/mol. The lowest BCUT2D eigenvalue weighted by atomic mass is 9.79. The van der Waals surface area contributed by atoms with Crippen LogP contribution in [0.3, 0.4) is 0 Å². The van der Waals surface area contributed by atoms with Crippen molar-refractivity contribution in [3.05, 3.63) is 119 Å². The van der Waals surface area contributed by atoms with Crippen molar-refractivity contribution in [1.29, 1.82) is 0 Å². The summed E-state index contributed by atoms with van der Waals surface area (Å²) in [6.07, 6.45) is 10.9. The van der Waals surface area contributed by atoms with E-state index in [1.165, 1.54) is 55.5 Å². The van der Waals surface area contributed by atoms with Crippen LogP contribution < -0.4 is 4.90 Å². The summed E-state index contributed by atoms with van der Waals surface area (Å²) in [6, 6.07) is 26.5. The van der Waals surface area contributed by atoms with Crippen LogP contribution in [0.2, 0.25) is 0 Å². The van der Waals surface area contributed by atoms with Gasteiger partial charge in [-0.2, -0.15) is 4.58 Å². The Balaban J connectivity index is 1.36. The summed E-state index contributed by atoms with van der Waals surface area (Å²) in [5, 5.41) is 5.95. The molecular weight excluding hydrogens is 520 g/mol. The first-order valence-electron chi connectivity index (χ1n) is 14.9. The fourth-order valence-corrected chi connectivity index (χ4v) is 7.28. The molecule has 0 radical (unpaired) electrons. The van der Waals surface area contributed by atoms with Crippen LogP contribution in [-0.2, 0) is 10.8 Å². The van der Waals surface area contributed by atoms with Gasteiger partial charge in [-0.25, -0.2) is 0 Å². The zero-order valence-corrected chi connectivity index (χ0v) is 25.9. The van der Waals surface area contributed by atoms with Crippen molar-refractivity contribution < 1.29 is 4.58 Å². The number of allylic oxidation sites excluding steroid dienone is 6. The van der Waals surface area contributed by atoms with Crippen molar-refractivity contribution in [2.45, 2.75) is 58.3 Å². The first-order chi connectivity index (χ1) is 19.7. The Morgan fingerprint density at radius 1 is 0.829 bits per heavy atom. The molecule has 2 aliphatic heterocycles. The van der Waals surface area contributed by atoms with Crippen LogP contribution in [0.25, 0.3) is 21.5 Å². The van der Waals surface area contributed by atoms with E-state index in [-0.39, 0.29) is 10.8 Å². The normalized spacial score (nSPS) is 18.8. The molecule has 6 rings (SSSR count). The number of hydrogen-bond donors (Lipinski definition) is 0. The molecule has 0 fully saturated rings. The molecular formula is C38H40ClN2+. The zero-order valence-electron chi connectivity index (χ0n) is 25.1. The fraction of sp³-hybridized carbons (Fsp3) is 0.289. The number of halogens is 1. The minimum absolute atomic E-state index is 0.133. The van der Waals surface area contributed by atoms with Crippen molar-refractivity contribution in [1.82, 2.24) is 0 Å². The van der Waals surface area contributed by atoms with E-state index >= 15 is 0 Å². The third kappa shape index (κ3) is 4.44. The van der Waals surface area contributed by atoms with Crippen LogP contribution in [0.15, 0.2) is 108 Å². The highest BCUT2D eigenvalue weighted by Gasteiger charge is 2.44. The van der Waals surface area contributed by atoms with Gasteiger partial charge < -0.3 is 4.90 Å². The quantitative estimate of drug-likeness (QED) is 0.168. The van der Waals surface area contributed by atoms with Gasteiger partial charge in [-0.15, -0.1) is 0 Å². The molecule has 0 aromatic heterocycles. The Morgan fingerprint density at radius 3 is 2.15 bits per heavy atom. The molecule has 4 aromatic carbocycles. The molecule has 0 spiro atoms. The summed E-state index contributed by atoms with van der Waals surface area (Å²) >= 11 is 6.92. The van der Waals surface area contributed by atoms with E-state index in [0.29, 0.717) is 0 Å². The van der Waals surface area contributed by atoms with E-state index < -0.39 is 0 Å². The third-order valence-corrected chi connectivity index (χ3v) is 9.44. The minimum atomic E-state index is -0.135. The molecule has 0 N–H and O–H groups in total. The van der Waals surface area contributed by atoms with E-state index in [0.717, 1.165) is 24.4 Å². The topological polar surface area (TPSA) is 6.25 Å². The second-order valence-electron chi connectivity index (χ2n) is 12.5. The molecule has 0 amide bonds. The molecule has 2 aliphatic rings. The summed E-state index contributed by atoms with van der Waals surface area (Å²) in [6.45, 7) is 12.6. The van der Waals surface area contributed by atoms with Gasteiger partial charge in [0.05, 0.1) is 5.41 Å². The number of anilines is 1. The number of fused-ring (bicyclic) bond motifs is 6. The van der Waals surface area contributed by atoms with Gasteiger partial charge in [-0.3, -0.25) is 0 Å². The van der Waals surface area contributed by atoms with Gasteiger partial charge in [-0.1, -0.05) is 93.4 Å². The summed E-state index contributed by atoms with van der Waals surface area (Å²) < 4.78 is 2.31. The highest BCUT2D eigenvalue weighted by molar-refractivity contribution is 6.31. The Morgan fingerprint density at radius 2 is 1.46 bits per heavy atom. The lowest BCUT2D eigenvalue weighted by molar-refractivity contribution is -0.401. The van der Waals surface area contributed by atoms with Crippen LogP contribution in [-0.4, -0.2) is 23.9 Å². The first kappa shape index (κ1) is 27.5. The van der Waals surface area contributed by atoms with E-state index in [2.05, 4.69) is 148 Å². The first-order valence-corrected chi connectivity index (χ1v) is 15.2.